The average molecular weight is 541 g/mol. The van der Waals surface area contributed by atoms with Gasteiger partial charge in [-0.2, -0.15) is 0 Å². The predicted octanol–water partition coefficient (Wildman–Crippen LogP) is 9.90. The molecule has 1 amide bonds. The summed E-state index contributed by atoms with van der Waals surface area (Å²) in [7, 11) is 0. The van der Waals surface area contributed by atoms with Crippen molar-refractivity contribution in [1.82, 2.24) is 4.90 Å². The van der Waals surface area contributed by atoms with Crippen LogP contribution in [-0.4, -0.2) is 30.2 Å². The van der Waals surface area contributed by atoms with Crippen molar-refractivity contribution >= 4 is 6.09 Å². The number of nitrogens with two attached hydrogens (primary N) is 1. The number of hydrogen-bond acceptors (Lipinski definition) is 3. The molecule has 2 N–H and O–H groups in total. The van der Waals surface area contributed by atoms with Crippen molar-refractivity contribution in [2.45, 2.75) is 75.0 Å². The van der Waals surface area contributed by atoms with E-state index in [1.807, 2.05) is 98.7 Å². The average Bonchev–Trinajstić information content (AvgIpc) is 3.33. The van der Waals surface area contributed by atoms with Gasteiger partial charge in [-0.15, -0.1) is 6.58 Å². The number of benzene rings is 2. The van der Waals surface area contributed by atoms with Gasteiger partial charge in [-0.3, -0.25) is 4.90 Å². The van der Waals surface area contributed by atoms with Crippen LogP contribution in [0.5, 0.6) is 0 Å². The number of carbonyl (C=O) groups excluding carboxylic acids is 1. The van der Waals surface area contributed by atoms with E-state index in [-0.39, 0.29) is 6.09 Å². The largest absolute Gasteiger partial charge is 0.439 e. The fourth-order valence-corrected chi connectivity index (χ4v) is 3.04. The van der Waals surface area contributed by atoms with Crippen LogP contribution in [0.15, 0.2) is 103 Å². The second-order valence-corrected chi connectivity index (χ2v) is 7.20. The van der Waals surface area contributed by atoms with Gasteiger partial charge >= 0.3 is 6.09 Å². The summed E-state index contributed by atoms with van der Waals surface area (Å²) in [6.45, 7) is 25.8. The molecule has 0 aromatic heterocycles. The third kappa shape index (κ3) is 17.7. The molecule has 5 heteroatoms. The number of hydrogen-bond donors (Lipinski definition) is 1. The highest BCUT2D eigenvalue weighted by Crippen LogP contribution is 2.23. The van der Waals surface area contributed by atoms with Gasteiger partial charge in [0, 0.05) is 6.54 Å². The topological polar surface area (TPSA) is 55.6 Å². The van der Waals surface area contributed by atoms with Gasteiger partial charge in [0.25, 0.3) is 0 Å². The van der Waals surface area contributed by atoms with Crippen molar-refractivity contribution < 1.29 is 13.9 Å². The Kier molecular flexibility index (Phi) is 28.3. The van der Waals surface area contributed by atoms with Gasteiger partial charge in [-0.1, -0.05) is 128 Å². The van der Waals surface area contributed by atoms with Crippen LogP contribution in [0.25, 0.3) is 11.1 Å². The lowest BCUT2D eigenvalue weighted by Crippen LogP contribution is -2.24. The van der Waals surface area contributed by atoms with Crippen molar-refractivity contribution in [3.63, 3.8) is 0 Å². The van der Waals surface area contributed by atoms with Crippen LogP contribution < -0.4 is 5.73 Å². The van der Waals surface area contributed by atoms with E-state index in [0.717, 1.165) is 28.8 Å². The monoisotopic (exact) mass is 540 g/mol. The Morgan fingerprint density at radius 1 is 0.974 bits per heavy atom. The number of rotatable bonds is 6. The summed E-state index contributed by atoms with van der Waals surface area (Å²) in [6.07, 6.45) is 5.67. The van der Waals surface area contributed by atoms with Crippen LogP contribution in [0, 0.1) is 0 Å². The van der Waals surface area contributed by atoms with Crippen LogP contribution >= 0.6 is 0 Å². The van der Waals surface area contributed by atoms with Crippen LogP contribution in [-0.2, 0) is 11.3 Å². The van der Waals surface area contributed by atoms with Crippen molar-refractivity contribution in [3.8, 4) is 11.1 Å². The van der Waals surface area contributed by atoms with Gasteiger partial charge in [0.15, 0.2) is 0 Å². The van der Waals surface area contributed by atoms with Gasteiger partial charge in [0.1, 0.15) is 11.9 Å². The molecule has 1 fully saturated rings. The SMILES string of the molecule is C=C(F)/C=C\C(=C/C)C1CN(Cc2ccc(-c3ccccc3)cc2)C(=O)O1.C=CC.CC.CC.CC.CCN. The maximum Gasteiger partial charge on any atom is 0.410 e. The molecule has 3 rings (SSSR count). The number of ether oxygens (including phenoxy) is 1. The van der Waals surface area contributed by atoms with E-state index in [0.29, 0.717) is 13.1 Å². The van der Waals surface area contributed by atoms with Gasteiger partial charge in [-0.05, 0) is 48.7 Å². The molecule has 0 spiro atoms. The molecule has 0 radical (unpaired) electrons. The lowest BCUT2D eigenvalue weighted by atomic mass is 10.0. The molecule has 0 saturated carbocycles. The molecule has 1 aliphatic heterocycles. The molecule has 1 heterocycles. The lowest BCUT2D eigenvalue weighted by Gasteiger charge is -2.13. The van der Waals surface area contributed by atoms with Gasteiger partial charge in [0.2, 0.25) is 0 Å². The summed E-state index contributed by atoms with van der Waals surface area (Å²) >= 11 is 0. The summed E-state index contributed by atoms with van der Waals surface area (Å²) in [4.78, 5) is 13.9. The molecule has 39 heavy (non-hydrogen) atoms. The van der Waals surface area contributed by atoms with E-state index in [1.165, 1.54) is 6.08 Å². The Balaban J connectivity index is -0.000000939. The van der Waals surface area contributed by atoms with Crippen molar-refractivity contribution in [2.24, 2.45) is 5.73 Å². The predicted molar refractivity (Wildman–Crippen MR) is 170 cm³/mol. The zero-order valence-electron chi connectivity index (χ0n) is 25.8. The van der Waals surface area contributed by atoms with E-state index in [9.17, 15) is 9.18 Å². The van der Waals surface area contributed by atoms with E-state index in [2.05, 4.69) is 37.4 Å². The third-order valence-corrected chi connectivity index (χ3v) is 4.48. The summed E-state index contributed by atoms with van der Waals surface area (Å²) in [5.74, 6) is -0.533. The first-order chi connectivity index (χ1) is 18.9. The standard InChI is InChI=1S/C23H22FNO2.C3H6.C2H7N.3C2H6/c1-3-19(12-9-17(2)24)22-16-25(23(26)27-22)15-18-10-13-21(14-11-18)20-7-5-4-6-8-20;1-3-2;1-2-3;3*1-2/h3-14,22H,2,15-16H2,1H3;3H,1H2,2H3;2-3H2,1H3;3*1-2H3/b12-9-,19-3+;;;;;. The maximum absolute atomic E-state index is 12.9. The number of nitrogens with zero attached hydrogens (tertiary/aromatic N) is 1. The Morgan fingerprint density at radius 2 is 1.44 bits per heavy atom. The highest BCUT2D eigenvalue weighted by molar-refractivity contribution is 5.71. The molecular formula is C34H53FN2O2. The minimum Gasteiger partial charge on any atom is -0.439 e. The number of halogens is 1. The maximum atomic E-state index is 12.9. The zero-order valence-corrected chi connectivity index (χ0v) is 25.8. The second kappa shape index (κ2) is 27.6. The first kappa shape index (κ1) is 40.1. The van der Waals surface area contributed by atoms with Gasteiger partial charge in [-0.25, -0.2) is 9.18 Å². The van der Waals surface area contributed by atoms with E-state index >= 15 is 0 Å². The normalized spacial score (nSPS) is 13.3. The molecule has 0 bridgehead atoms. The number of cyclic esters (lactones) is 1. The van der Waals surface area contributed by atoms with Gasteiger partial charge < -0.3 is 10.5 Å². The smallest absolute Gasteiger partial charge is 0.410 e. The first-order valence-electron chi connectivity index (χ1n) is 14.0. The highest BCUT2D eigenvalue weighted by Gasteiger charge is 2.32. The quantitative estimate of drug-likeness (QED) is 0.293. The molecule has 0 aliphatic carbocycles. The van der Waals surface area contributed by atoms with Crippen LogP contribution in [0.3, 0.4) is 0 Å². The molecular weight excluding hydrogens is 487 g/mol. The van der Waals surface area contributed by atoms with Crippen molar-refractivity contribution in [1.29, 1.82) is 0 Å². The fraction of sp³-hybridized carbons (Fsp3) is 0.382. The Bertz CT molecular complexity index is 935. The van der Waals surface area contributed by atoms with Crippen molar-refractivity contribution in [2.75, 3.05) is 13.1 Å². The lowest BCUT2D eigenvalue weighted by molar-refractivity contribution is 0.142. The molecule has 2 aromatic carbocycles. The van der Waals surface area contributed by atoms with E-state index < -0.39 is 11.9 Å². The second-order valence-electron chi connectivity index (χ2n) is 7.20. The molecule has 2 aromatic rings. The molecule has 1 atom stereocenters. The minimum absolute atomic E-state index is 0.362. The number of allylic oxidation sites excluding steroid dienone is 4. The summed E-state index contributed by atoms with van der Waals surface area (Å²) in [5.41, 5.74) is 8.92. The molecule has 1 aliphatic rings. The molecule has 218 valence electrons. The van der Waals surface area contributed by atoms with E-state index in [4.69, 9.17) is 10.5 Å². The number of amides is 1. The van der Waals surface area contributed by atoms with Crippen molar-refractivity contribution in [3.05, 3.63) is 109 Å². The van der Waals surface area contributed by atoms with Gasteiger partial charge in [0.05, 0.1) is 6.54 Å². The van der Waals surface area contributed by atoms with Crippen LogP contribution in [0.1, 0.15) is 67.9 Å². The fourth-order valence-electron chi connectivity index (χ4n) is 3.04. The summed E-state index contributed by atoms with van der Waals surface area (Å²) in [6, 6.07) is 18.3. The molecule has 1 unspecified atom stereocenters. The highest BCUT2D eigenvalue weighted by atomic mass is 19.1. The Morgan fingerprint density at radius 3 is 1.87 bits per heavy atom. The summed E-state index contributed by atoms with van der Waals surface area (Å²) in [5, 5.41) is 0. The molecule has 1 saturated heterocycles. The number of carbonyl (C=O) groups is 1. The van der Waals surface area contributed by atoms with Crippen LogP contribution in [0.2, 0.25) is 0 Å². The first-order valence-corrected chi connectivity index (χ1v) is 14.0. The third-order valence-electron chi connectivity index (χ3n) is 4.48. The summed E-state index contributed by atoms with van der Waals surface area (Å²) < 4.78 is 18.3. The minimum atomic E-state index is -0.533. The van der Waals surface area contributed by atoms with E-state index in [1.54, 1.807) is 17.1 Å². The Labute approximate surface area is 238 Å². The van der Waals surface area contributed by atoms with Crippen LogP contribution in [0.4, 0.5) is 9.18 Å². The molecule has 4 nitrogen and oxygen atoms in total. The zero-order chi connectivity index (χ0) is 30.6. The Hall–Kier alpha value is -3.44.